The molecule has 2 aromatic rings. The summed E-state index contributed by atoms with van der Waals surface area (Å²) in [5.74, 6) is -1.43. The molecular formula is C20H16FN3O4S. The SMILES string of the molecule is N#CCSc1ccccc1NC(=O)COC(=O)C1CC(c2cccc(F)c2)=NO1. The van der Waals surface area contributed by atoms with E-state index in [9.17, 15) is 14.0 Å². The number of nitrogens with zero attached hydrogens (tertiary/aromatic N) is 2. The summed E-state index contributed by atoms with van der Waals surface area (Å²) in [4.78, 5) is 30.0. The van der Waals surface area contributed by atoms with Crippen LogP contribution in [-0.2, 0) is 19.2 Å². The van der Waals surface area contributed by atoms with Crippen LogP contribution in [0.1, 0.15) is 12.0 Å². The summed E-state index contributed by atoms with van der Waals surface area (Å²) in [7, 11) is 0. The molecule has 0 spiro atoms. The number of rotatable bonds is 7. The van der Waals surface area contributed by atoms with Gasteiger partial charge in [0.2, 0.25) is 6.10 Å². The average Bonchev–Trinajstić information content (AvgIpc) is 3.22. The summed E-state index contributed by atoms with van der Waals surface area (Å²) >= 11 is 1.29. The number of amides is 1. The third-order valence-corrected chi connectivity index (χ3v) is 4.83. The number of carbonyl (C=O) groups excluding carboxylic acids is 2. The van der Waals surface area contributed by atoms with Gasteiger partial charge in [0.1, 0.15) is 5.82 Å². The fourth-order valence-corrected chi connectivity index (χ4v) is 3.23. The average molecular weight is 413 g/mol. The van der Waals surface area contributed by atoms with Crippen molar-refractivity contribution in [1.82, 2.24) is 0 Å². The number of thioether (sulfide) groups is 1. The van der Waals surface area contributed by atoms with Crippen LogP contribution in [0.15, 0.2) is 58.6 Å². The predicted molar refractivity (Wildman–Crippen MR) is 105 cm³/mol. The maximum absolute atomic E-state index is 13.3. The Morgan fingerprint density at radius 2 is 2.14 bits per heavy atom. The Bertz CT molecular complexity index is 990. The number of ether oxygens (including phenoxy) is 1. The summed E-state index contributed by atoms with van der Waals surface area (Å²) in [6.07, 6.45) is -0.864. The van der Waals surface area contributed by atoms with Gasteiger partial charge in [-0.1, -0.05) is 29.4 Å². The maximum Gasteiger partial charge on any atom is 0.351 e. The Morgan fingerprint density at radius 1 is 1.31 bits per heavy atom. The highest BCUT2D eigenvalue weighted by Crippen LogP contribution is 2.26. The molecule has 0 fully saturated rings. The van der Waals surface area contributed by atoms with Crippen molar-refractivity contribution >= 4 is 35.0 Å². The van der Waals surface area contributed by atoms with E-state index < -0.39 is 30.4 Å². The zero-order valence-corrected chi connectivity index (χ0v) is 15.9. The van der Waals surface area contributed by atoms with E-state index in [1.165, 1.54) is 30.0 Å². The Morgan fingerprint density at radius 3 is 2.93 bits per heavy atom. The van der Waals surface area contributed by atoms with Crippen molar-refractivity contribution in [3.63, 3.8) is 0 Å². The van der Waals surface area contributed by atoms with E-state index in [2.05, 4.69) is 10.5 Å². The van der Waals surface area contributed by atoms with Crippen molar-refractivity contribution in [1.29, 1.82) is 5.26 Å². The molecule has 1 amide bonds. The van der Waals surface area contributed by atoms with Gasteiger partial charge in [-0.05, 0) is 24.3 Å². The van der Waals surface area contributed by atoms with Gasteiger partial charge in [0.25, 0.3) is 5.91 Å². The van der Waals surface area contributed by atoms with Gasteiger partial charge < -0.3 is 14.9 Å². The largest absolute Gasteiger partial charge is 0.453 e. The number of oxime groups is 1. The van der Waals surface area contributed by atoms with E-state index in [1.807, 2.05) is 6.07 Å². The quantitative estimate of drug-likeness (QED) is 0.553. The molecule has 9 heteroatoms. The Balaban J connectivity index is 1.49. The first kappa shape index (κ1) is 20.4. The monoisotopic (exact) mass is 413 g/mol. The number of esters is 1. The molecule has 1 aliphatic heterocycles. The highest BCUT2D eigenvalue weighted by atomic mass is 32.2. The van der Waals surface area contributed by atoms with Crippen molar-refractivity contribution in [2.24, 2.45) is 5.16 Å². The molecule has 29 heavy (non-hydrogen) atoms. The van der Waals surface area contributed by atoms with Crippen molar-refractivity contribution in [3.05, 3.63) is 59.9 Å². The standard InChI is InChI=1S/C20H16FN3O4S/c21-14-5-3-4-13(10-14)16-11-17(28-24-16)20(26)27-12-19(25)23-15-6-1-2-7-18(15)29-9-8-22/h1-7,10,17H,9,11-12H2,(H,23,25). The van der Waals surface area contributed by atoms with Crippen LogP contribution in [0.3, 0.4) is 0 Å². The summed E-state index contributed by atoms with van der Waals surface area (Å²) < 4.78 is 18.3. The molecule has 7 nitrogen and oxygen atoms in total. The molecule has 0 saturated carbocycles. The van der Waals surface area contributed by atoms with Crippen LogP contribution < -0.4 is 5.32 Å². The highest BCUT2D eigenvalue weighted by Gasteiger charge is 2.30. The first-order valence-electron chi connectivity index (χ1n) is 8.60. The Labute approximate surface area is 170 Å². The lowest BCUT2D eigenvalue weighted by molar-refractivity contribution is -0.157. The van der Waals surface area contributed by atoms with Crippen LogP contribution in [0, 0.1) is 17.1 Å². The second-order valence-electron chi connectivity index (χ2n) is 5.95. The van der Waals surface area contributed by atoms with Crippen LogP contribution in [0.5, 0.6) is 0 Å². The van der Waals surface area contributed by atoms with E-state index in [0.29, 0.717) is 17.0 Å². The fraction of sp³-hybridized carbons (Fsp3) is 0.200. The van der Waals surface area contributed by atoms with Gasteiger partial charge >= 0.3 is 5.97 Å². The van der Waals surface area contributed by atoms with Crippen LogP contribution in [-0.4, -0.2) is 36.1 Å². The number of anilines is 1. The van der Waals surface area contributed by atoms with E-state index in [-0.39, 0.29) is 12.2 Å². The van der Waals surface area contributed by atoms with Crippen LogP contribution in [0.4, 0.5) is 10.1 Å². The molecular weight excluding hydrogens is 397 g/mol. The van der Waals surface area contributed by atoms with Gasteiger partial charge in [0.05, 0.1) is 23.2 Å². The minimum absolute atomic E-state index is 0.123. The Kier molecular flexibility index (Phi) is 6.81. The summed E-state index contributed by atoms with van der Waals surface area (Å²) in [5, 5.41) is 15.2. The van der Waals surface area contributed by atoms with Crippen molar-refractivity contribution in [2.45, 2.75) is 17.4 Å². The van der Waals surface area contributed by atoms with Crippen molar-refractivity contribution in [3.8, 4) is 6.07 Å². The number of carbonyl (C=O) groups is 2. The second kappa shape index (κ2) is 9.71. The highest BCUT2D eigenvalue weighted by molar-refractivity contribution is 7.99. The topological polar surface area (TPSA) is 101 Å². The number of nitriles is 1. The van der Waals surface area contributed by atoms with Gasteiger partial charge in [-0.2, -0.15) is 5.26 Å². The minimum atomic E-state index is -0.987. The van der Waals surface area contributed by atoms with Crippen LogP contribution in [0.25, 0.3) is 0 Å². The molecule has 0 aliphatic carbocycles. The van der Waals surface area contributed by atoms with Gasteiger partial charge in [-0.15, -0.1) is 11.8 Å². The molecule has 1 heterocycles. The van der Waals surface area contributed by atoms with Gasteiger partial charge in [-0.25, -0.2) is 9.18 Å². The summed E-state index contributed by atoms with van der Waals surface area (Å²) in [5.41, 5.74) is 1.48. The minimum Gasteiger partial charge on any atom is -0.453 e. The molecule has 0 radical (unpaired) electrons. The molecule has 1 N–H and O–H groups in total. The molecule has 1 aliphatic rings. The predicted octanol–water partition coefficient (Wildman–Crippen LogP) is 3.12. The number of benzene rings is 2. The third-order valence-electron chi connectivity index (χ3n) is 3.89. The molecule has 0 saturated heterocycles. The zero-order valence-electron chi connectivity index (χ0n) is 15.1. The van der Waals surface area contributed by atoms with Crippen molar-refractivity contribution in [2.75, 3.05) is 17.7 Å². The second-order valence-corrected chi connectivity index (χ2v) is 6.96. The van der Waals surface area contributed by atoms with Gasteiger partial charge in [-0.3, -0.25) is 4.79 Å². The molecule has 3 rings (SSSR count). The molecule has 148 valence electrons. The Hall–Kier alpha value is -3.38. The molecule has 2 aromatic carbocycles. The zero-order chi connectivity index (χ0) is 20.6. The number of halogens is 1. The first-order chi connectivity index (χ1) is 14.1. The lowest BCUT2D eigenvalue weighted by Crippen LogP contribution is -2.28. The number of para-hydroxylation sites is 1. The fourth-order valence-electron chi connectivity index (χ4n) is 2.56. The molecule has 1 atom stereocenters. The number of hydrogen-bond donors (Lipinski definition) is 1. The maximum atomic E-state index is 13.3. The van der Waals surface area contributed by atoms with E-state index in [4.69, 9.17) is 14.8 Å². The third kappa shape index (κ3) is 5.56. The molecule has 0 bridgehead atoms. The first-order valence-corrected chi connectivity index (χ1v) is 9.59. The summed E-state index contributed by atoms with van der Waals surface area (Å²) in [6.45, 7) is -0.495. The van der Waals surface area contributed by atoms with Crippen molar-refractivity contribution < 1.29 is 23.6 Å². The summed E-state index contributed by atoms with van der Waals surface area (Å²) in [6, 6.07) is 14.8. The van der Waals surface area contributed by atoms with E-state index in [0.717, 1.165) is 4.90 Å². The number of nitrogens with one attached hydrogen (secondary N) is 1. The van der Waals surface area contributed by atoms with E-state index in [1.54, 1.807) is 30.3 Å². The molecule has 0 aromatic heterocycles. The molecule has 1 unspecified atom stereocenters. The van der Waals surface area contributed by atoms with Gasteiger partial charge in [0.15, 0.2) is 6.61 Å². The number of hydrogen-bond acceptors (Lipinski definition) is 7. The van der Waals surface area contributed by atoms with Crippen LogP contribution >= 0.6 is 11.8 Å². The lowest BCUT2D eigenvalue weighted by atomic mass is 10.1. The van der Waals surface area contributed by atoms with Crippen LogP contribution in [0.2, 0.25) is 0 Å². The smallest absolute Gasteiger partial charge is 0.351 e. The lowest BCUT2D eigenvalue weighted by Gasteiger charge is -2.11. The normalized spacial score (nSPS) is 15.0. The van der Waals surface area contributed by atoms with E-state index >= 15 is 0 Å². The van der Waals surface area contributed by atoms with Gasteiger partial charge in [0, 0.05) is 16.9 Å².